The number of carbonyl (C=O) groups excluding carboxylic acids is 2. The Hall–Kier alpha value is -2.75. The van der Waals surface area contributed by atoms with Gasteiger partial charge in [0.1, 0.15) is 0 Å². The predicted octanol–water partition coefficient (Wildman–Crippen LogP) is 2.25. The van der Waals surface area contributed by atoms with Crippen LogP contribution >= 0.6 is 0 Å². The Bertz CT molecular complexity index is 1020. The molecule has 2 amide bonds. The van der Waals surface area contributed by atoms with E-state index in [1.165, 1.54) is 43.8 Å². The van der Waals surface area contributed by atoms with Crippen LogP contribution in [0.4, 0.5) is 5.69 Å². The Morgan fingerprint density at radius 1 is 0.969 bits per heavy atom. The summed E-state index contributed by atoms with van der Waals surface area (Å²) >= 11 is 0. The summed E-state index contributed by atoms with van der Waals surface area (Å²) in [6.07, 6.45) is 0.959. The predicted molar refractivity (Wildman–Crippen MR) is 126 cm³/mol. The van der Waals surface area contributed by atoms with Gasteiger partial charge < -0.3 is 15.5 Å². The lowest BCUT2D eigenvalue weighted by Gasteiger charge is -2.26. The van der Waals surface area contributed by atoms with Crippen LogP contribution in [0.25, 0.3) is 0 Å². The molecule has 2 rings (SSSR count). The minimum atomic E-state index is -3.84. The van der Waals surface area contributed by atoms with E-state index >= 15 is 0 Å². The van der Waals surface area contributed by atoms with E-state index in [0.717, 1.165) is 16.3 Å². The number of amides is 2. The normalized spacial score (nSPS) is 12.6. The number of carbonyl (C=O) groups is 2. The lowest BCUT2D eigenvalue weighted by Crippen LogP contribution is -2.41. The van der Waals surface area contributed by atoms with Crippen molar-refractivity contribution in [2.75, 3.05) is 39.5 Å². The first-order valence-corrected chi connectivity index (χ1v) is 11.8. The van der Waals surface area contributed by atoms with Crippen LogP contribution in [-0.4, -0.2) is 63.7 Å². The van der Waals surface area contributed by atoms with Crippen LogP contribution in [0.2, 0.25) is 0 Å². The van der Waals surface area contributed by atoms with E-state index in [9.17, 15) is 18.0 Å². The van der Waals surface area contributed by atoms with E-state index in [2.05, 4.69) is 41.8 Å². The summed E-state index contributed by atoms with van der Waals surface area (Å²) < 4.78 is 26.6. The van der Waals surface area contributed by atoms with Gasteiger partial charge in [-0.1, -0.05) is 31.2 Å². The molecule has 0 aromatic heterocycles. The van der Waals surface area contributed by atoms with E-state index < -0.39 is 10.0 Å². The highest BCUT2D eigenvalue weighted by Crippen LogP contribution is 2.19. The first kappa shape index (κ1) is 25.5. The largest absolute Gasteiger partial charge is 0.353 e. The Kier molecular flexibility index (Phi) is 8.94. The number of anilines is 1. The van der Waals surface area contributed by atoms with Crippen molar-refractivity contribution in [1.29, 1.82) is 0 Å². The van der Waals surface area contributed by atoms with Crippen LogP contribution in [0.3, 0.4) is 0 Å². The van der Waals surface area contributed by atoms with E-state index in [4.69, 9.17) is 0 Å². The summed E-state index contributed by atoms with van der Waals surface area (Å²) in [7, 11) is 1.39. The molecule has 0 bridgehead atoms. The minimum Gasteiger partial charge on any atom is -0.353 e. The average Bonchev–Trinajstić information content (AvgIpc) is 2.74. The quantitative estimate of drug-likeness (QED) is 0.567. The Morgan fingerprint density at radius 3 is 2.06 bits per heavy atom. The van der Waals surface area contributed by atoms with E-state index in [0.29, 0.717) is 12.2 Å². The minimum absolute atomic E-state index is 0.0342. The van der Waals surface area contributed by atoms with Crippen molar-refractivity contribution in [2.24, 2.45) is 0 Å². The third kappa shape index (κ3) is 6.88. The summed E-state index contributed by atoms with van der Waals surface area (Å²) in [5, 5.41) is 5.43. The molecule has 0 aliphatic rings. The average molecular weight is 461 g/mol. The first-order valence-electron chi connectivity index (χ1n) is 10.4. The van der Waals surface area contributed by atoms with Gasteiger partial charge in [-0.2, -0.15) is 4.31 Å². The fourth-order valence-electron chi connectivity index (χ4n) is 3.22. The zero-order valence-electron chi connectivity index (χ0n) is 19.3. The maximum absolute atomic E-state index is 12.8. The Morgan fingerprint density at radius 2 is 1.56 bits per heavy atom. The smallest absolute Gasteiger partial charge is 0.243 e. The number of rotatable bonds is 10. The molecule has 0 saturated carbocycles. The van der Waals surface area contributed by atoms with Gasteiger partial charge in [0.2, 0.25) is 21.8 Å². The molecule has 2 aromatic rings. The van der Waals surface area contributed by atoms with Gasteiger partial charge in [-0.05, 0) is 55.9 Å². The Balaban J connectivity index is 2.00. The molecule has 0 aliphatic carbocycles. The van der Waals surface area contributed by atoms with Crippen LogP contribution < -0.4 is 10.6 Å². The highest BCUT2D eigenvalue weighted by Gasteiger charge is 2.24. The number of hydrogen-bond acceptors (Lipinski definition) is 5. The van der Waals surface area contributed by atoms with Crippen molar-refractivity contribution in [1.82, 2.24) is 14.5 Å². The molecule has 0 heterocycles. The maximum Gasteiger partial charge on any atom is 0.243 e. The van der Waals surface area contributed by atoms with Gasteiger partial charge in [-0.3, -0.25) is 9.59 Å². The zero-order chi connectivity index (χ0) is 23.9. The van der Waals surface area contributed by atoms with Crippen LogP contribution in [-0.2, 0) is 26.0 Å². The number of sulfonamides is 1. The number of hydrogen-bond donors (Lipinski definition) is 2. The molecular formula is C23H32N4O4S. The summed E-state index contributed by atoms with van der Waals surface area (Å²) in [6.45, 7) is 3.53. The van der Waals surface area contributed by atoms with Crippen molar-refractivity contribution in [3.63, 3.8) is 0 Å². The van der Waals surface area contributed by atoms with Gasteiger partial charge in [-0.25, -0.2) is 8.42 Å². The highest BCUT2D eigenvalue weighted by molar-refractivity contribution is 7.89. The molecule has 0 radical (unpaired) electrons. The fourth-order valence-corrected chi connectivity index (χ4v) is 4.35. The summed E-state index contributed by atoms with van der Waals surface area (Å²) in [5.74, 6) is -0.630. The SMILES string of the molecule is CCc1ccc(C(CNC(=O)CN(C)S(=O)(=O)c2ccc(NC(C)=O)cc2)N(C)C)cc1. The summed E-state index contributed by atoms with van der Waals surface area (Å²) in [6, 6.07) is 14.0. The van der Waals surface area contributed by atoms with Gasteiger partial charge >= 0.3 is 0 Å². The van der Waals surface area contributed by atoms with E-state index in [1.807, 2.05) is 19.0 Å². The second-order valence-electron chi connectivity index (χ2n) is 7.85. The monoisotopic (exact) mass is 460 g/mol. The van der Waals surface area contributed by atoms with Crippen LogP contribution in [0.1, 0.15) is 31.0 Å². The van der Waals surface area contributed by atoms with Crippen molar-refractivity contribution >= 4 is 27.5 Å². The molecular weight excluding hydrogens is 428 g/mol. The molecule has 2 N–H and O–H groups in total. The van der Waals surface area contributed by atoms with Crippen molar-refractivity contribution in [2.45, 2.75) is 31.2 Å². The van der Waals surface area contributed by atoms with Gasteiger partial charge in [0, 0.05) is 26.2 Å². The number of likely N-dealkylation sites (N-methyl/N-ethyl adjacent to an activating group) is 2. The number of benzene rings is 2. The van der Waals surface area contributed by atoms with Crippen molar-refractivity contribution < 1.29 is 18.0 Å². The molecule has 174 valence electrons. The van der Waals surface area contributed by atoms with Crippen LogP contribution in [0.15, 0.2) is 53.4 Å². The van der Waals surface area contributed by atoms with E-state index in [1.54, 1.807) is 0 Å². The summed E-state index contributed by atoms with van der Waals surface area (Å²) in [5.41, 5.74) is 2.82. The molecule has 1 unspecified atom stereocenters. The molecule has 1 atom stereocenters. The lowest BCUT2D eigenvalue weighted by atomic mass is 10.0. The van der Waals surface area contributed by atoms with Crippen molar-refractivity contribution in [3.05, 3.63) is 59.7 Å². The molecule has 0 spiro atoms. The molecule has 8 nitrogen and oxygen atoms in total. The van der Waals surface area contributed by atoms with E-state index in [-0.39, 0.29) is 29.3 Å². The van der Waals surface area contributed by atoms with Crippen LogP contribution in [0, 0.1) is 0 Å². The molecule has 0 aliphatic heterocycles. The zero-order valence-corrected chi connectivity index (χ0v) is 20.1. The lowest BCUT2D eigenvalue weighted by molar-refractivity contribution is -0.121. The third-order valence-corrected chi connectivity index (χ3v) is 6.96. The van der Waals surface area contributed by atoms with Gasteiger partial charge in [-0.15, -0.1) is 0 Å². The summed E-state index contributed by atoms with van der Waals surface area (Å²) in [4.78, 5) is 25.7. The molecule has 2 aromatic carbocycles. The highest BCUT2D eigenvalue weighted by atomic mass is 32.2. The molecule has 0 saturated heterocycles. The Labute approximate surface area is 190 Å². The topological polar surface area (TPSA) is 98.8 Å². The first-order chi connectivity index (χ1) is 15.0. The number of nitrogens with zero attached hydrogens (tertiary/aromatic N) is 2. The molecule has 9 heteroatoms. The number of aryl methyl sites for hydroxylation is 1. The van der Waals surface area contributed by atoms with Gasteiger partial charge in [0.05, 0.1) is 17.5 Å². The molecule has 32 heavy (non-hydrogen) atoms. The van der Waals surface area contributed by atoms with Gasteiger partial charge in [0.25, 0.3) is 0 Å². The van der Waals surface area contributed by atoms with Crippen LogP contribution in [0.5, 0.6) is 0 Å². The standard InChI is InChI=1S/C23H32N4O4S/c1-6-18-7-9-19(10-8-18)22(26(3)4)15-24-23(29)16-27(5)32(30,31)21-13-11-20(12-14-21)25-17(2)28/h7-14,22H,6,15-16H2,1-5H3,(H,24,29)(H,25,28). The second-order valence-corrected chi connectivity index (χ2v) is 9.89. The van der Waals surface area contributed by atoms with Gasteiger partial charge in [0.15, 0.2) is 0 Å². The van der Waals surface area contributed by atoms with Crippen molar-refractivity contribution in [3.8, 4) is 0 Å². The molecule has 0 fully saturated rings. The second kappa shape index (κ2) is 11.2. The fraction of sp³-hybridized carbons (Fsp3) is 0.391. The third-order valence-electron chi connectivity index (χ3n) is 5.14. The maximum atomic E-state index is 12.8. The number of nitrogens with one attached hydrogen (secondary N) is 2.